The molecule has 0 atom stereocenters. The summed E-state index contributed by atoms with van der Waals surface area (Å²) in [5.74, 6) is -2.13. The van der Waals surface area contributed by atoms with Crippen molar-refractivity contribution in [3.05, 3.63) is 95.6 Å². The van der Waals surface area contributed by atoms with Gasteiger partial charge in [-0.2, -0.15) is 13.2 Å². The molecule has 0 aliphatic carbocycles. The number of nitrogens with one attached hydrogen (secondary N) is 1. The number of alkyl halides is 3. The van der Waals surface area contributed by atoms with Crippen molar-refractivity contribution in [2.45, 2.75) is 12.1 Å². The van der Waals surface area contributed by atoms with Crippen LogP contribution in [0.25, 0.3) is 0 Å². The fourth-order valence-electron chi connectivity index (χ4n) is 4.05. The predicted octanol–water partition coefficient (Wildman–Crippen LogP) is 4.86. The van der Waals surface area contributed by atoms with Crippen LogP contribution in [-0.2, 0) is 25.2 Å². The molecule has 188 valence electrons. The first-order chi connectivity index (χ1) is 17.3. The van der Waals surface area contributed by atoms with Crippen LogP contribution in [0.5, 0.6) is 0 Å². The van der Waals surface area contributed by atoms with Crippen molar-refractivity contribution in [2.24, 2.45) is 0 Å². The maximum absolute atomic E-state index is 13.3. The van der Waals surface area contributed by atoms with Crippen LogP contribution >= 0.6 is 0 Å². The number of nitrogens with zero attached hydrogens (tertiary/aromatic N) is 1. The maximum atomic E-state index is 13.3. The van der Waals surface area contributed by atoms with E-state index in [1.54, 1.807) is 48.5 Å². The number of rotatable bonds is 7. The Morgan fingerprint density at radius 3 is 2.06 bits per heavy atom. The zero-order valence-corrected chi connectivity index (χ0v) is 19.3. The predicted molar refractivity (Wildman–Crippen MR) is 129 cm³/mol. The Hall–Kier alpha value is -3.85. The van der Waals surface area contributed by atoms with Gasteiger partial charge >= 0.3 is 12.1 Å². The zero-order chi connectivity index (χ0) is 25.5. The molecule has 1 saturated heterocycles. The second-order valence-electron chi connectivity index (χ2n) is 8.24. The van der Waals surface area contributed by atoms with Gasteiger partial charge in [0.2, 0.25) is 0 Å². The number of anilines is 2. The molecule has 0 bridgehead atoms. The van der Waals surface area contributed by atoms with Crippen molar-refractivity contribution >= 4 is 23.3 Å². The molecule has 0 spiro atoms. The average Bonchev–Trinajstić information content (AvgIpc) is 2.89. The molecule has 3 aromatic rings. The number of esters is 1. The molecule has 1 aliphatic heterocycles. The van der Waals surface area contributed by atoms with Crippen molar-refractivity contribution in [1.82, 2.24) is 0 Å². The Labute approximate surface area is 206 Å². The Morgan fingerprint density at radius 2 is 1.50 bits per heavy atom. The van der Waals surface area contributed by atoms with E-state index in [-0.39, 0.29) is 5.69 Å². The Bertz CT molecular complexity index is 1140. The van der Waals surface area contributed by atoms with Crippen molar-refractivity contribution in [2.75, 3.05) is 43.1 Å². The third-order valence-corrected chi connectivity index (χ3v) is 5.80. The average molecular weight is 499 g/mol. The summed E-state index contributed by atoms with van der Waals surface area (Å²) >= 11 is 0. The van der Waals surface area contributed by atoms with E-state index >= 15 is 0 Å². The first-order valence-electron chi connectivity index (χ1n) is 11.4. The lowest BCUT2D eigenvalue weighted by Gasteiger charge is -2.31. The van der Waals surface area contributed by atoms with Crippen LogP contribution in [0.4, 0.5) is 24.5 Å². The molecule has 36 heavy (non-hydrogen) atoms. The van der Waals surface area contributed by atoms with Gasteiger partial charge in [-0.05, 0) is 29.3 Å². The van der Waals surface area contributed by atoms with Gasteiger partial charge in [-0.25, -0.2) is 0 Å². The Balaban J connectivity index is 1.50. The minimum Gasteiger partial charge on any atom is -0.455 e. The third kappa shape index (κ3) is 6.23. The summed E-state index contributed by atoms with van der Waals surface area (Å²) in [6, 6.07) is 21.2. The molecule has 0 radical (unpaired) electrons. The van der Waals surface area contributed by atoms with E-state index in [0.717, 1.165) is 12.1 Å². The highest BCUT2D eigenvalue weighted by Gasteiger charge is 2.32. The largest absolute Gasteiger partial charge is 0.455 e. The van der Waals surface area contributed by atoms with Gasteiger partial charge in [0.05, 0.1) is 30.2 Å². The highest BCUT2D eigenvalue weighted by Crippen LogP contribution is 2.36. The molecular formula is C27H25F3N2O4. The fourth-order valence-corrected chi connectivity index (χ4v) is 4.05. The van der Waals surface area contributed by atoms with Crippen LogP contribution in [0, 0.1) is 0 Å². The summed E-state index contributed by atoms with van der Waals surface area (Å²) in [5.41, 5.74) is 0.941. The molecule has 1 N–H and O–H groups in total. The fraction of sp³-hybridized carbons (Fsp3) is 0.259. The third-order valence-electron chi connectivity index (χ3n) is 5.80. The molecule has 1 aliphatic rings. The molecule has 0 saturated carbocycles. The quantitative estimate of drug-likeness (QED) is 0.472. The monoisotopic (exact) mass is 498 g/mol. The smallest absolute Gasteiger partial charge is 0.416 e. The van der Waals surface area contributed by atoms with Gasteiger partial charge in [-0.1, -0.05) is 60.7 Å². The van der Waals surface area contributed by atoms with Crippen LogP contribution in [0.2, 0.25) is 0 Å². The van der Waals surface area contributed by atoms with Gasteiger partial charge in [0.15, 0.2) is 6.61 Å². The number of halogens is 3. The van der Waals surface area contributed by atoms with Crippen LogP contribution in [-0.4, -0.2) is 44.8 Å². The van der Waals surface area contributed by atoms with Gasteiger partial charge in [0.25, 0.3) is 5.91 Å². The molecule has 0 unspecified atom stereocenters. The van der Waals surface area contributed by atoms with Gasteiger partial charge in [-0.3, -0.25) is 9.59 Å². The number of morpholine rings is 1. The van der Waals surface area contributed by atoms with Gasteiger partial charge in [0.1, 0.15) is 5.92 Å². The second kappa shape index (κ2) is 11.3. The van der Waals surface area contributed by atoms with Crippen LogP contribution in [0.1, 0.15) is 22.6 Å². The van der Waals surface area contributed by atoms with Crippen LogP contribution in [0.3, 0.4) is 0 Å². The standard InChI is InChI=1S/C27H25F3N2O4/c28-27(29,30)21-11-12-23(32-13-15-35-16-14-32)22(17-21)31-24(33)18-36-26(34)25(19-7-3-1-4-8-19)20-9-5-2-6-10-20/h1-12,17,25H,13-16,18H2,(H,31,33). The number of carbonyl (C=O) groups excluding carboxylic acids is 2. The summed E-state index contributed by atoms with van der Waals surface area (Å²) in [6.45, 7) is 1.14. The summed E-state index contributed by atoms with van der Waals surface area (Å²) < 4.78 is 50.6. The molecule has 1 amide bonds. The minimum absolute atomic E-state index is 0.00422. The van der Waals surface area contributed by atoms with Crippen molar-refractivity contribution in [1.29, 1.82) is 0 Å². The molecule has 6 nitrogen and oxygen atoms in total. The zero-order valence-electron chi connectivity index (χ0n) is 19.3. The van der Waals surface area contributed by atoms with Crippen molar-refractivity contribution < 1.29 is 32.2 Å². The highest BCUT2D eigenvalue weighted by molar-refractivity contribution is 5.96. The number of hydrogen-bond donors (Lipinski definition) is 1. The van der Waals surface area contributed by atoms with E-state index in [1.165, 1.54) is 6.07 Å². The molecule has 4 rings (SSSR count). The first kappa shape index (κ1) is 25.2. The van der Waals surface area contributed by atoms with E-state index in [4.69, 9.17) is 9.47 Å². The lowest BCUT2D eigenvalue weighted by molar-refractivity contribution is -0.147. The summed E-state index contributed by atoms with van der Waals surface area (Å²) in [5, 5.41) is 2.50. The highest BCUT2D eigenvalue weighted by atomic mass is 19.4. The van der Waals surface area contributed by atoms with E-state index in [2.05, 4.69) is 5.32 Å². The summed E-state index contributed by atoms with van der Waals surface area (Å²) in [6.07, 6.45) is -4.58. The first-order valence-corrected chi connectivity index (χ1v) is 11.4. The minimum atomic E-state index is -4.58. The van der Waals surface area contributed by atoms with Crippen LogP contribution in [0.15, 0.2) is 78.9 Å². The van der Waals surface area contributed by atoms with E-state index in [0.29, 0.717) is 43.1 Å². The molecule has 0 aromatic heterocycles. The second-order valence-corrected chi connectivity index (χ2v) is 8.24. The van der Waals surface area contributed by atoms with Gasteiger partial charge < -0.3 is 19.7 Å². The van der Waals surface area contributed by atoms with Gasteiger partial charge in [-0.15, -0.1) is 0 Å². The molecule has 9 heteroatoms. The number of hydrogen-bond acceptors (Lipinski definition) is 5. The molecule has 3 aromatic carbocycles. The number of ether oxygens (including phenoxy) is 2. The van der Waals surface area contributed by atoms with E-state index < -0.39 is 36.1 Å². The summed E-state index contributed by atoms with van der Waals surface area (Å²) in [7, 11) is 0. The van der Waals surface area contributed by atoms with E-state index in [1.807, 2.05) is 17.0 Å². The molecule has 1 fully saturated rings. The topological polar surface area (TPSA) is 67.9 Å². The molecule has 1 heterocycles. The number of carbonyl (C=O) groups is 2. The Kier molecular flexibility index (Phi) is 7.90. The van der Waals surface area contributed by atoms with Crippen molar-refractivity contribution in [3.63, 3.8) is 0 Å². The lowest BCUT2D eigenvalue weighted by atomic mass is 9.91. The Morgan fingerprint density at radius 1 is 0.917 bits per heavy atom. The van der Waals surface area contributed by atoms with Crippen LogP contribution < -0.4 is 10.2 Å². The molecular weight excluding hydrogens is 473 g/mol. The van der Waals surface area contributed by atoms with Crippen molar-refractivity contribution in [3.8, 4) is 0 Å². The number of amides is 1. The normalized spacial score (nSPS) is 13.9. The maximum Gasteiger partial charge on any atom is 0.416 e. The van der Waals surface area contributed by atoms with Gasteiger partial charge in [0, 0.05) is 13.1 Å². The van der Waals surface area contributed by atoms with E-state index in [9.17, 15) is 22.8 Å². The number of benzene rings is 3. The SMILES string of the molecule is O=C(COC(=O)C(c1ccccc1)c1ccccc1)Nc1cc(C(F)(F)F)ccc1N1CCOCC1. The summed E-state index contributed by atoms with van der Waals surface area (Å²) in [4.78, 5) is 27.6. The lowest BCUT2D eigenvalue weighted by Crippen LogP contribution is -2.37.